The van der Waals surface area contributed by atoms with Crippen LogP contribution in [0.25, 0.3) is 120 Å². The molecule has 0 spiro atoms. The van der Waals surface area contributed by atoms with E-state index in [2.05, 4.69) is 229 Å². The molecule has 1 aliphatic carbocycles. The summed E-state index contributed by atoms with van der Waals surface area (Å²) in [7, 11) is 0. The lowest BCUT2D eigenvalue weighted by Crippen LogP contribution is -2.15. The molecule has 13 aromatic rings. The van der Waals surface area contributed by atoms with Gasteiger partial charge in [0.1, 0.15) is 0 Å². The van der Waals surface area contributed by atoms with Gasteiger partial charge in [-0.25, -0.2) is 9.97 Å². The monoisotopic (exact) mass is 860 g/mol. The Hall–Kier alpha value is -8.12. The highest BCUT2D eigenvalue weighted by Crippen LogP contribution is 2.51. The van der Waals surface area contributed by atoms with Crippen LogP contribution in [0.1, 0.15) is 25.0 Å². The van der Waals surface area contributed by atoms with Crippen LogP contribution in [-0.2, 0) is 5.41 Å². The predicted octanol–water partition coefficient (Wildman–Crippen LogP) is 16.3. The molecule has 0 radical (unpaired) electrons. The van der Waals surface area contributed by atoms with E-state index in [1.54, 1.807) is 11.3 Å². The SMILES string of the molecule is CC1(C)c2ccccc2-c2ccc(-c3nc(-n4c5ccc(-c6cccc7c8ccccc8n(-c8ccccc8)c67)cc5c5c6ccccc6ccc54)nc4cc(-c5ccccc5)sc34)cc21. The Morgan fingerprint density at radius 2 is 1.12 bits per heavy atom. The van der Waals surface area contributed by atoms with Crippen molar-refractivity contribution in [2.24, 2.45) is 0 Å². The third-order valence-corrected chi connectivity index (χ3v) is 15.3. The minimum Gasteiger partial charge on any atom is -0.309 e. The molecule has 1 aliphatic rings. The number of rotatable bonds is 5. The fourth-order valence-corrected chi connectivity index (χ4v) is 12.2. The second kappa shape index (κ2) is 13.9. The molecule has 0 fully saturated rings. The second-order valence-electron chi connectivity index (χ2n) is 18.1. The summed E-state index contributed by atoms with van der Waals surface area (Å²) in [4.78, 5) is 12.4. The fourth-order valence-electron chi connectivity index (χ4n) is 11.1. The van der Waals surface area contributed by atoms with Crippen LogP contribution < -0.4 is 0 Å². The van der Waals surface area contributed by atoms with Gasteiger partial charge in [0.05, 0.1) is 38.0 Å². The first kappa shape index (κ1) is 37.3. The Morgan fingerprint density at radius 3 is 2.00 bits per heavy atom. The lowest BCUT2D eigenvalue weighted by molar-refractivity contribution is 0.660. The summed E-state index contributed by atoms with van der Waals surface area (Å²) in [6, 6.07) is 75.2. The number of aromatic nitrogens is 4. The highest BCUT2D eigenvalue weighted by Gasteiger charge is 2.35. The zero-order valence-corrected chi connectivity index (χ0v) is 37.1. The van der Waals surface area contributed by atoms with Crippen molar-refractivity contribution < 1.29 is 0 Å². The quantitative estimate of drug-likeness (QED) is 0.173. The van der Waals surface area contributed by atoms with Crippen LogP contribution in [0.2, 0.25) is 0 Å². The molecule has 0 aliphatic heterocycles. The van der Waals surface area contributed by atoms with Crippen molar-refractivity contribution in [2.45, 2.75) is 19.3 Å². The molecule has 0 bridgehead atoms. The van der Waals surface area contributed by atoms with E-state index in [0.29, 0.717) is 5.95 Å². The number of nitrogens with zero attached hydrogens (tertiary/aromatic N) is 4. The van der Waals surface area contributed by atoms with Crippen LogP contribution >= 0.6 is 11.3 Å². The van der Waals surface area contributed by atoms with Gasteiger partial charge in [-0.2, -0.15) is 0 Å². The smallest absolute Gasteiger partial charge is 0.235 e. The average molecular weight is 861 g/mol. The molecular weight excluding hydrogens is 821 g/mol. The van der Waals surface area contributed by atoms with Gasteiger partial charge in [0.15, 0.2) is 0 Å². The maximum atomic E-state index is 5.67. The molecule has 0 saturated heterocycles. The van der Waals surface area contributed by atoms with E-state index in [0.717, 1.165) is 49.1 Å². The van der Waals surface area contributed by atoms with E-state index in [1.165, 1.54) is 76.2 Å². The van der Waals surface area contributed by atoms with Crippen LogP contribution in [0.3, 0.4) is 0 Å². The van der Waals surface area contributed by atoms with Gasteiger partial charge in [-0.15, -0.1) is 11.3 Å². The maximum Gasteiger partial charge on any atom is 0.235 e. The third kappa shape index (κ3) is 5.32. The summed E-state index contributed by atoms with van der Waals surface area (Å²) < 4.78 is 5.82. The summed E-state index contributed by atoms with van der Waals surface area (Å²) in [6.45, 7) is 4.69. The Labute approximate surface area is 385 Å². The first-order valence-electron chi connectivity index (χ1n) is 22.7. The number of benzene rings is 9. The zero-order chi connectivity index (χ0) is 43.7. The molecule has 4 heterocycles. The molecule has 0 saturated carbocycles. The van der Waals surface area contributed by atoms with Gasteiger partial charge < -0.3 is 4.57 Å². The van der Waals surface area contributed by atoms with E-state index >= 15 is 0 Å². The molecule has 9 aromatic carbocycles. The molecule has 14 rings (SSSR count). The number of hydrogen-bond acceptors (Lipinski definition) is 3. The van der Waals surface area contributed by atoms with Crippen molar-refractivity contribution in [2.75, 3.05) is 0 Å². The van der Waals surface area contributed by atoms with Crippen molar-refractivity contribution in [3.05, 3.63) is 217 Å². The van der Waals surface area contributed by atoms with Crippen molar-refractivity contribution in [3.63, 3.8) is 0 Å². The number of fused-ring (bicyclic) bond motifs is 12. The molecular formula is C61H40N4S. The highest BCUT2D eigenvalue weighted by molar-refractivity contribution is 7.22. The van der Waals surface area contributed by atoms with Crippen molar-refractivity contribution >= 4 is 75.9 Å². The molecule has 0 N–H and O–H groups in total. The Bertz CT molecular complexity index is 4130. The van der Waals surface area contributed by atoms with E-state index in [-0.39, 0.29) is 5.41 Å². The van der Waals surface area contributed by atoms with Crippen LogP contribution in [0, 0.1) is 0 Å². The van der Waals surface area contributed by atoms with E-state index < -0.39 is 0 Å². The predicted molar refractivity (Wildman–Crippen MR) is 277 cm³/mol. The van der Waals surface area contributed by atoms with Gasteiger partial charge in [-0.3, -0.25) is 4.57 Å². The summed E-state index contributed by atoms with van der Waals surface area (Å²) in [6.07, 6.45) is 0. The highest BCUT2D eigenvalue weighted by atomic mass is 32.1. The van der Waals surface area contributed by atoms with Crippen molar-refractivity contribution in [1.29, 1.82) is 0 Å². The summed E-state index contributed by atoms with van der Waals surface area (Å²) in [5, 5.41) is 7.24. The van der Waals surface area contributed by atoms with E-state index in [9.17, 15) is 0 Å². The maximum absolute atomic E-state index is 5.67. The Balaban J connectivity index is 1.04. The standard InChI is InChI=1S/C61H40N4S/c1-61(2)49-26-13-11-22-44(49)45-31-28-40(35-50(45)61)57-59-51(36-55(66-59)38-17-5-3-6-18-38)62-60(63-57)65-53-32-30-39(34-48(53)56-42-21-10-9-16-37(42)29-33-54(56)65)43-24-15-25-47-46-23-12-14-27-52(46)64(58(43)47)41-19-7-4-8-20-41/h3-36H,1-2H3. The molecule has 5 heteroatoms. The molecule has 310 valence electrons. The van der Waals surface area contributed by atoms with Gasteiger partial charge in [0.25, 0.3) is 0 Å². The van der Waals surface area contributed by atoms with Gasteiger partial charge in [-0.1, -0.05) is 172 Å². The van der Waals surface area contributed by atoms with Crippen molar-refractivity contribution in [3.8, 4) is 55.6 Å². The zero-order valence-electron chi connectivity index (χ0n) is 36.3. The minimum absolute atomic E-state index is 0.146. The molecule has 0 amide bonds. The Kier molecular flexibility index (Phi) is 7.87. The molecule has 66 heavy (non-hydrogen) atoms. The Morgan fingerprint density at radius 1 is 0.439 bits per heavy atom. The second-order valence-corrected chi connectivity index (χ2v) is 19.2. The van der Waals surface area contributed by atoms with Crippen LogP contribution in [-0.4, -0.2) is 19.1 Å². The first-order chi connectivity index (χ1) is 32.5. The third-order valence-electron chi connectivity index (χ3n) is 14.1. The molecule has 4 nitrogen and oxygen atoms in total. The van der Waals surface area contributed by atoms with Gasteiger partial charge in [-0.05, 0) is 92.7 Å². The lowest BCUT2D eigenvalue weighted by atomic mass is 9.82. The summed E-state index contributed by atoms with van der Waals surface area (Å²) in [5.41, 5.74) is 17.3. The van der Waals surface area contributed by atoms with Gasteiger partial charge >= 0.3 is 0 Å². The van der Waals surface area contributed by atoms with Gasteiger partial charge in [0.2, 0.25) is 5.95 Å². The van der Waals surface area contributed by atoms with Gasteiger partial charge in [0, 0.05) is 48.7 Å². The fraction of sp³-hybridized carbons (Fsp3) is 0.0492. The number of thiophene rings is 1. The van der Waals surface area contributed by atoms with E-state index in [4.69, 9.17) is 9.97 Å². The molecule has 0 unspecified atom stereocenters. The first-order valence-corrected chi connectivity index (χ1v) is 23.5. The summed E-state index contributed by atoms with van der Waals surface area (Å²) in [5.74, 6) is 0.660. The van der Waals surface area contributed by atoms with Crippen LogP contribution in [0.15, 0.2) is 206 Å². The largest absolute Gasteiger partial charge is 0.309 e. The molecule has 4 aromatic heterocycles. The van der Waals surface area contributed by atoms with Crippen LogP contribution in [0.4, 0.5) is 0 Å². The average Bonchev–Trinajstić information content (AvgIpc) is 4.11. The number of para-hydroxylation sites is 3. The topological polar surface area (TPSA) is 35.6 Å². The van der Waals surface area contributed by atoms with E-state index in [1.807, 2.05) is 0 Å². The normalized spacial score (nSPS) is 13.1. The van der Waals surface area contributed by atoms with Crippen LogP contribution in [0.5, 0.6) is 0 Å². The number of hydrogen-bond donors (Lipinski definition) is 0. The summed E-state index contributed by atoms with van der Waals surface area (Å²) >= 11 is 1.77. The van der Waals surface area contributed by atoms with Crippen molar-refractivity contribution in [1.82, 2.24) is 19.1 Å². The lowest BCUT2D eigenvalue weighted by Gasteiger charge is -2.22. The molecule has 0 atom stereocenters. The minimum atomic E-state index is -0.146.